The van der Waals surface area contributed by atoms with Crippen LogP contribution in [0.2, 0.25) is 0 Å². The fraction of sp³-hybridized carbons (Fsp3) is 0.419. The molecule has 9 heteroatoms. The zero-order valence-electron chi connectivity index (χ0n) is 23.5. The van der Waals surface area contributed by atoms with Crippen LogP contribution in [0, 0.1) is 13.8 Å². The number of aromatic nitrogens is 3. The van der Waals surface area contributed by atoms with Crippen molar-refractivity contribution >= 4 is 16.7 Å². The van der Waals surface area contributed by atoms with Crippen molar-refractivity contribution in [3.8, 4) is 17.1 Å². The normalized spacial score (nSPS) is 17.3. The summed E-state index contributed by atoms with van der Waals surface area (Å²) in [5.74, 6) is 1.27. The van der Waals surface area contributed by atoms with Crippen molar-refractivity contribution in [1.82, 2.24) is 24.8 Å². The average molecular weight is 543 g/mol. The molecule has 2 aromatic heterocycles. The second-order valence-electron chi connectivity index (χ2n) is 11.4. The first-order chi connectivity index (χ1) is 19.3. The minimum Gasteiger partial charge on any atom is -0.491 e. The van der Waals surface area contributed by atoms with Crippen molar-refractivity contribution in [2.45, 2.75) is 51.9 Å². The van der Waals surface area contributed by atoms with Gasteiger partial charge in [-0.1, -0.05) is 17.7 Å². The van der Waals surface area contributed by atoms with Crippen LogP contribution in [-0.2, 0) is 13.1 Å². The molecule has 9 nitrogen and oxygen atoms in total. The van der Waals surface area contributed by atoms with E-state index in [4.69, 9.17) is 9.72 Å². The van der Waals surface area contributed by atoms with E-state index in [1.807, 2.05) is 26.0 Å². The van der Waals surface area contributed by atoms with Crippen LogP contribution in [0.3, 0.4) is 0 Å². The van der Waals surface area contributed by atoms with Crippen LogP contribution in [0.4, 0.5) is 5.69 Å². The third kappa shape index (κ3) is 5.50. The lowest BCUT2D eigenvalue weighted by atomic mass is 10.0. The maximum atomic E-state index is 12.9. The van der Waals surface area contributed by atoms with Crippen molar-refractivity contribution < 1.29 is 9.84 Å². The maximum absolute atomic E-state index is 12.9. The van der Waals surface area contributed by atoms with Gasteiger partial charge in [0.1, 0.15) is 29.8 Å². The number of anilines is 1. The number of rotatable bonds is 8. The molecule has 0 bridgehead atoms. The third-order valence-electron chi connectivity index (χ3n) is 8.24. The van der Waals surface area contributed by atoms with Crippen molar-refractivity contribution in [3.05, 3.63) is 75.2 Å². The van der Waals surface area contributed by atoms with Crippen LogP contribution in [-0.4, -0.2) is 75.3 Å². The number of fused-ring (bicyclic) bond motifs is 2. The van der Waals surface area contributed by atoms with E-state index in [0.717, 1.165) is 48.5 Å². The summed E-state index contributed by atoms with van der Waals surface area (Å²) < 4.78 is 5.83. The zero-order chi connectivity index (χ0) is 27.8. The van der Waals surface area contributed by atoms with Gasteiger partial charge in [-0.15, -0.1) is 0 Å². The molecule has 4 heterocycles. The Balaban J connectivity index is 1.15. The average Bonchev–Trinajstić information content (AvgIpc) is 3.53. The van der Waals surface area contributed by atoms with Crippen LogP contribution in [0.5, 0.6) is 5.75 Å². The molecule has 6 rings (SSSR count). The van der Waals surface area contributed by atoms with E-state index in [2.05, 4.69) is 50.3 Å². The van der Waals surface area contributed by atoms with E-state index < -0.39 is 6.10 Å². The molecule has 1 unspecified atom stereocenters. The number of pyridine rings is 1. The minimum absolute atomic E-state index is 0.139. The number of aliphatic hydroxyl groups excluding tert-OH is 1. The Morgan fingerprint density at radius 1 is 1.12 bits per heavy atom. The molecule has 4 aromatic rings. The summed E-state index contributed by atoms with van der Waals surface area (Å²) in [6.07, 6.45) is 3.26. The van der Waals surface area contributed by atoms with Gasteiger partial charge in [0, 0.05) is 31.9 Å². The third-order valence-corrected chi connectivity index (χ3v) is 8.24. The Bertz CT molecular complexity index is 1530. The summed E-state index contributed by atoms with van der Waals surface area (Å²) in [6, 6.07) is 12.7. The molecule has 0 saturated carbocycles. The summed E-state index contributed by atoms with van der Waals surface area (Å²) in [6.45, 7) is 8.60. The van der Waals surface area contributed by atoms with Crippen LogP contribution in [0.15, 0.2) is 47.4 Å². The zero-order valence-corrected chi connectivity index (χ0v) is 23.5. The van der Waals surface area contributed by atoms with Gasteiger partial charge in [0.15, 0.2) is 0 Å². The molecule has 210 valence electrons. The second-order valence-corrected chi connectivity index (χ2v) is 11.4. The van der Waals surface area contributed by atoms with Gasteiger partial charge in [0.2, 0.25) is 0 Å². The van der Waals surface area contributed by atoms with Gasteiger partial charge in [0.25, 0.3) is 5.56 Å². The number of aryl methyl sites for hydroxylation is 2. The number of nitrogens with zero attached hydrogens (tertiary/aromatic N) is 3. The fourth-order valence-corrected chi connectivity index (χ4v) is 5.96. The Morgan fingerprint density at radius 3 is 2.67 bits per heavy atom. The molecule has 1 saturated heterocycles. The topological polar surface area (TPSA) is 110 Å². The van der Waals surface area contributed by atoms with Crippen LogP contribution >= 0.6 is 0 Å². The fourth-order valence-electron chi connectivity index (χ4n) is 5.96. The van der Waals surface area contributed by atoms with Gasteiger partial charge < -0.3 is 30.0 Å². The number of hydrogen-bond acceptors (Lipinski definition) is 7. The molecule has 2 aromatic carbocycles. The molecule has 40 heavy (non-hydrogen) atoms. The van der Waals surface area contributed by atoms with Gasteiger partial charge >= 0.3 is 0 Å². The number of benzene rings is 2. The Kier molecular flexibility index (Phi) is 7.35. The summed E-state index contributed by atoms with van der Waals surface area (Å²) in [5, 5.41) is 13.8. The lowest BCUT2D eigenvalue weighted by Crippen LogP contribution is -2.41. The summed E-state index contributed by atoms with van der Waals surface area (Å²) >= 11 is 0. The van der Waals surface area contributed by atoms with Crippen molar-refractivity contribution in [2.24, 2.45) is 0 Å². The Hall–Kier alpha value is -3.66. The predicted molar refractivity (Wildman–Crippen MR) is 158 cm³/mol. The van der Waals surface area contributed by atoms with E-state index in [0.29, 0.717) is 23.1 Å². The number of hydrogen-bond donors (Lipinski definition) is 4. The van der Waals surface area contributed by atoms with Crippen LogP contribution in [0.1, 0.15) is 35.1 Å². The maximum Gasteiger partial charge on any atom is 0.261 e. The first-order valence-electron chi connectivity index (χ1n) is 14.1. The SMILES string of the molecule is Cc1ccc(OCC(O)CNc2cc[nH]c(=O)c2-c2nc3cc4c(cc3[nH]2)CN(C2CCN(C)CC2)C4)c(C)c1. The molecular formula is C31H38N6O3. The van der Waals surface area contributed by atoms with Crippen molar-refractivity contribution in [3.63, 3.8) is 0 Å². The molecule has 2 aliphatic rings. The second kappa shape index (κ2) is 11.1. The highest BCUT2D eigenvalue weighted by atomic mass is 16.5. The molecule has 0 radical (unpaired) electrons. The number of piperidine rings is 1. The largest absolute Gasteiger partial charge is 0.491 e. The van der Waals surface area contributed by atoms with Crippen molar-refractivity contribution in [2.75, 3.05) is 38.6 Å². The first kappa shape index (κ1) is 26.6. The highest BCUT2D eigenvalue weighted by molar-refractivity contribution is 5.84. The smallest absolute Gasteiger partial charge is 0.261 e. The van der Waals surface area contributed by atoms with E-state index >= 15 is 0 Å². The number of likely N-dealkylation sites (tertiary alicyclic amines) is 1. The van der Waals surface area contributed by atoms with E-state index in [9.17, 15) is 9.90 Å². The number of aromatic amines is 2. The van der Waals surface area contributed by atoms with Gasteiger partial charge in [0.05, 0.1) is 16.7 Å². The summed E-state index contributed by atoms with van der Waals surface area (Å²) in [5.41, 5.74) is 7.41. The van der Waals surface area contributed by atoms with Gasteiger partial charge in [-0.25, -0.2) is 4.98 Å². The minimum atomic E-state index is -0.765. The van der Waals surface area contributed by atoms with E-state index in [1.54, 1.807) is 12.3 Å². The van der Waals surface area contributed by atoms with E-state index in [-0.39, 0.29) is 18.7 Å². The highest BCUT2D eigenvalue weighted by Gasteiger charge is 2.29. The molecule has 0 amide bonds. The molecule has 0 spiro atoms. The predicted octanol–water partition coefficient (Wildman–Crippen LogP) is 3.80. The van der Waals surface area contributed by atoms with Crippen LogP contribution in [0.25, 0.3) is 22.4 Å². The Morgan fingerprint density at radius 2 is 1.90 bits per heavy atom. The molecule has 1 atom stereocenters. The highest BCUT2D eigenvalue weighted by Crippen LogP contribution is 2.32. The lowest BCUT2D eigenvalue weighted by Gasteiger charge is -2.34. The number of imidazole rings is 1. The molecule has 0 aliphatic carbocycles. The molecular weight excluding hydrogens is 504 g/mol. The van der Waals surface area contributed by atoms with Gasteiger partial charge in [-0.05, 0) is 87.8 Å². The first-order valence-corrected chi connectivity index (χ1v) is 14.1. The van der Waals surface area contributed by atoms with E-state index in [1.165, 1.54) is 29.5 Å². The monoisotopic (exact) mass is 542 g/mol. The number of ether oxygens (including phenoxy) is 1. The molecule has 4 N–H and O–H groups in total. The van der Waals surface area contributed by atoms with Gasteiger partial charge in [-0.3, -0.25) is 9.69 Å². The number of H-pyrrole nitrogens is 2. The number of nitrogens with one attached hydrogen (secondary N) is 3. The molecule has 2 aliphatic heterocycles. The van der Waals surface area contributed by atoms with Crippen LogP contribution < -0.4 is 15.6 Å². The lowest BCUT2D eigenvalue weighted by molar-refractivity contribution is 0.117. The summed E-state index contributed by atoms with van der Waals surface area (Å²) in [4.78, 5) is 28.9. The summed E-state index contributed by atoms with van der Waals surface area (Å²) in [7, 11) is 2.20. The standard InChI is InChI=1S/C31H38N6O3/c1-19-4-5-28(20(2)12-19)40-18-24(38)15-33-25-6-9-32-31(39)29(25)30-34-26-13-21-16-37(17-22(21)14-27(26)35-30)23-7-10-36(3)11-8-23/h4-6,9,12-14,23-24,38H,7-8,10-11,15-18H2,1-3H3,(H,34,35)(H2,32,33,39). The van der Waals surface area contributed by atoms with Crippen molar-refractivity contribution in [1.29, 1.82) is 0 Å². The molecule has 1 fully saturated rings. The Labute approximate surface area is 234 Å². The quantitative estimate of drug-likeness (QED) is 0.268. The number of aliphatic hydroxyl groups is 1. The van der Waals surface area contributed by atoms with Gasteiger partial charge in [-0.2, -0.15) is 0 Å².